The Kier molecular flexibility index (Phi) is 7.04. The second-order valence-electron chi connectivity index (χ2n) is 9.07. The molecule has 2 aromatic carbocycles. The first kappa shape index (κ1) is 25.6. The van der Waals surface area contributed by atoms with Crippen molar-refractivity contribution in [3.8, 4) is 5.75 Å². The van der Waals surface area contributed by atoms with E-state index in [4.69, 9.17) is 4.74 Å². The number of nitrogens with zero attached hydrogens (tertiary/aromatic N) is 3. The van der Waals surface area contributed by atoms with Gasteiger partial charge in [0.15, 0.2) is 0 Å². The van der Waals surface area contributed by atoms with Crippen molar-refractivity contribution < 1.29 is 22.3 Å². The average Bonchev–Trinajstić information content (AvgIpc) is 3.15. The fourth-order valence-electron chi connectivity index (χ4n) is 4.83. The zero-order valence-corrected chi connectivity index (χ0v) is 21.8. The van der Waals surface area contributed by atoms with Crippen LogP contribution in [0.25, 0.3) is 0 Å². The summed E-state index contributed by atoms with van der Waals surface area (Å²) >= 11 is 0. The molecule has 0 fully saturated rings. The van der Waals surface area contributed by atoms with E-state index in [0.29, 0.717) is 41.1 Å². The lowest BCUT2D eigenvalue weighted by molar-refractivity contribution is -0.131. The number of aromatic nitrogens is 1. The Morgan fingerprint density at radius 1 is 1.14 bits per heavy atom. The summed E-state index contributed by atoms with van der Waals surface area (Å²) in [6, 6.07) is 11.9. The van der Waals surface area contributed by atoms with Gasteiger partial charge in [0.1, 0.15) is 11.6 Å². The van der Waals surface area contributed by atoms with Crippen LogP contribution in [0.3, 0.4) is 0 Å². The molecule has 1 aliphatic rings. The number of rotatable bonds is 7. The van der Waals surface area contributed by atoms with Crippen LogP contribution in [0.2, 0.25) is 0 Å². The van der Waals surface area contributed by atoms with E-state index in [9.17, 15) is 17.6 Å². The van der Waals surface area contributed by atoms with E-state index in [-0.39, 0.29) is 10.8 Å². The van der Waals surface area contributed by atoms with E-state index in [0.717, 1.165) is 5.69 Å². The Morgan fingerprint density at radius 2 is 1.89 bits per heavy atom. The lowest BCUT2D eigenvalue weighted by Gasteiger charge is -2.29. The van der Waals surface area contributed by atoms with Crippen LogP contribution in [-0.2, 0) is 21.2 Å². The summed E-state index contributed by atoms with van der Waals surface area (Å²) < 4.78 is 48.9. The van der Waals surface area contributed by atoms with Crippen molar-refractivity contribution in [1.29, 1.82) is 0 Å². The highest BCUT2D eigenvalue weighted by Gasteiger charge is 2.47. The van der Waals surface area contributed by atoms with Crippen LogP contribution >= 0.6 is 0 Å². The fraction of sp³-hybridized carbons (Fsp3) is 0.333. The molecule has 1 aromatic heterocycles. The van der Waals surface area contributed by atoms with Crippen LogP contribution in [0.4, 0.5) is 10.1 Å². The largest absolute Gasteiger partial charge is 0.496 e. The molecule has 9 heteroatoms. The summed E-state index contributed by atoms with van der Waals surface area (Å²) in [5.74, 6) is -1.05. The van der Waals surface area contributed by atoms with E-state index in [1.807, 2.05) is 18.2 Å². The van der Waals surface area contributed by atoms with Gasteiger partial charge in [-0.25, -0.2) is 12.8 Å². The number of halogens is 1. The molecule has 190 valence electrons. The molecule has 0 bridgehead atoms. The first-order valence-corrected chi connectivity index (χ1v) is 13.1. The minimum atomic E-state index is -4.07. The van der Waals surface area contributed by atoms with E-state index < -0.39 is 27.8 Å². The first-order chi connectivity index (χ1) is 17.1. The second kappa shape index (κ2) is 9.89. The average molecular weight is 512 g/mol. The van der Waals surface area contributed by atoms with Gasteiger partial charge in [-0.05, 0) is 79.9 Å². The third kappa shape index (κ3) is 4.43. The molecule has 2 heterocycles. The standard InChI is InChI=1S/C27H30FN3O4S/c1-17-18(2)25(12-11-24(17)35-5)36(33,34)31-19(3)26(22-16-20(28)9-10-23(22)31)27(32)30(4)15-13-21-8-6-7-14-29-21/h6-12,14,16,19,26H,13,15H2,1-5H3/t19-,26-/m1/s1. The van der Waals surface area contributed by atoms with Gasteiger partial charge in [-0.15, -0.1) is 0 Å². The molecule has 1 aliphatic heterocycles. The van der Waals surface area contributed by atoms with Gasteiger partial charge in [-0.3, -0.25) is 14.1 Å². The maximum atomic E-state index is 14.3. The number of hydrogen-bond donors (Lipinski definition) is 0. The fourth-order valence-corrected chi connectivity index (χ4v) is 6.81. The molecule has 1 amide bonds. The van der Waals surface area contributed by atoms with Crippen molar-refractivity contribution in [2.75, 3.05) is 25.0 Å². The van der Waals surface area contributed by atoms with Crippen molar-refractivity contribution >= 4 is 21.6 Å². The zero-order chi connectivity index (χ0) is 26.2. The third-order valence-electron chi connectivity index (χ3n) is 6.93. The van der Waals surface area contributed by atoms with E-state index in [1.165, 1.54) is 35.7 Å². The predicted molar refractivity (Wildman–Crippen MR) is 136 cm³/mol. The van der Waals surface area contributed by atoms with E-state index >= 15 is 0 Å². The summed E-state index contributed by atoms with van der Waals surface area (Å²) in [6.45, 7) is 5.61. The van der Waals surface area contributed by atoms with Gasteiger partial charge >= 0.3 is 0 Å². The van der Waals surface area contributed by atoms with Crippen LogP contribution in [0.5, 0.6) is 5.75 Å². The Hall–Kier alpha value is -3.46. The minimum absolute atomic E-state index is 0.125. The van der Waals surface area contributed by atoms with Crippen LogP contribution in [0.1, 0.15) is 35.2 Å². The van der Waals surface area contributed by atoms with Crippen LogP contribution in [0, 0.1) is 19.7 Å². The Balaban J connectivity index is 1.71. The molecule has 0 aliphatic carbocycles. The van der Waals surface area contributed by atoms with Gasteiger partial charge < -0.3 is 9.64 Å². The smallest absolute Gasteiger partial charge is 0.264 e. The number of benzene rings is 2. The predicted octanol–water partition coefficient (Wildman–Crippen LogP) is 4.23. The Morgan fingerprint density at radius 3 is 2.56 bits per heavy atom. The van der Waals surface area contributed by atoms with Crippen LogP contribution in [-0.4, -0.2) is 51.0 Å². The SMILES string of the molecule is COc1ccc(S(=O)(=O)N2c3ccc(F)cc3[C@H](C(=O)N(C)CCc3ccccn3)[C@H]2C)c(C)c1C. The van der Waals surface area contributed by atoms with Crippen LogP contribution in [0.15, 0.2) is 59.6 Å². The lowest BCUT2D eigenvalue weighted by Crippen LogP contribution is -2.43. The number of ether oxygens (including phenoxy) is 1. The summed E-state index contributed by atoms with van der Waals surface area (Å²) in [6.07, 6.45) is 2.24. The number of pyridine rings is 1. The molecule has 3 aromatic rings. The van der Waals surface area contributed by atoms with Gasteiger partial charge in [0.05, 0.1) is 29.7 Å². The van der Waals surface area contributed by atoms with Crippen molar-refractivity contribution in [3.05, 3.63) is 82.9 Å². The van der Waals surface area contributed by atoms with Crippen molar-refractivity contribution in [3.63, 3.8) is 0 Å². The normalized spacial score (nSPS) is 17.1. The highest BCUT2D eigenvalue weighted by Crippen LogP contribution is 2.45. The number of methoxy groups -OCH3 is 1. The van der Waals surface area contributed by atoms with Crippen molar-refractivity contribution in [2.24, 2.45) is 0 Å². The molecular weight excluding hydrogens is 481 g/mol. The molecule has 0 saturated heterocycles. The number of anilines is 1. The number of carbonyl (C=O) groups is 1. The molecule has 0 N–H and O–H groups in total. The maximum absolute atomic E-state index is 14.3. The number of carbonyl (C=O) groups excluding carboxylic acids is 1. The lowest BCUT2D eigenvalue weighted by atomic mass is 9.94. The first-order valence-electron chi connectivity index (χ1n) is 11.7. The molecule has 0 radical (unpaired) electrons. The molecule has 2 atom stereocenters. The topological polar surface area (TPSA) is 79.8 Å². The molecule has 0 spiro atoms. The quantitative estimate of drug-likeness (QED) is 0.474. The molecule has 0 saturated carbocycles. The maximum Gasteiger partial charge on any atom is 0.264 e. The third-order valence-corrected chi connectivity index (χ3v) is 8.98. The Bertz CT molecular complexity index is 1400. The number of hydrogen-bond acceptors (Lipinski definition) is 5. The molecule has 7 nitrogen and oxygen atoms in total. The van der Waals surface area contributed by atoms with Gasteiger partial charge in [-0.2, -0.15) is 0 Å². The monoisotopic (exact) mass is 511 g/mol. The minimum Gasteiger partial charge on any atom is -0.496 e. The zero-order valence-electron chi connectivity index (χ0n) is 21.0. The van der Waals surface area contributed by atoms with Gasteiger partial charge in [0, 0.05) is 31.9 Å². The van der Waals surface area contributed by atoms with Gasteiger partial charge in [-0.1, -0.05) is 6.07 Å². The second-order valence-corrected chi connectivity index (χ2v) is 10.9. The summed E-state index contributed by atoms with van der Waals surface area (Å²) in [7, 11) is -0.862. The highest BCUT2D eigenvalue weighted by atomic mass is 32.2. The molecule has 36 heavy (non-hydrogen) atoms. The van der Waals surface area contributed by atoms with E-state index in [2.05, 4.69) is 4.98 Å². The van der Waals surface area contributed by atoms with Crippen molar-refractivity contribution in [2.45, 2.75) is 44.0 Å². The number of amides is 1. The summed E-state index contributed by atoms with van der Waals surface area (Å²) in [5, 5.41) is 0. The molecule has 0 unspecified atom stereocenters. The van der Waals surface area contributed by atoms with E-state index in [1.54, 1.807) is 45.0 Å². The molecule has 4 rings (SSSR count). The number of likely N-dealkylation sites (N-methyl/N-ethyl adjacent to an activating group) is 1. The molecular formula is C27H30FN3O4S. The van der Waals surface area contributed by atoms with Gasteiger partial charge in [0.2, 0.25) is 5.91 Å². The summed E-state index contributed by atoms with van der Waals surface area (Å²) in [5.41, 5.74) is 2.80. The number of fused-ring (bicyclic) bond motifs is 1. The summed E-state index contributed by atoms with van der Waals surface area (Å²) in [4.78, 5) is 19.6. The van der Waals surface area contributed by atoms with Crippen LogP contribution < -0.4 is 9.04 Å². The Labute approximate surface area is 211 Å². The number of sulfonamides is 1. The van der Waals surface area contributed by atoms with Crippen molar-refractivity contribution in [1.82, 2.24) is 9.88 Å². The highest BCUT2D eigenvalue weighted by molar-refractivity contribution is 7.93. The van der Waals surface area contributed by atoms with Gasteiger partial charge in [0.25, 0.3) is 10.0 Å².